The summed E-state index contributed by atoms with van der Waals surface area (Å²) in [6.45, 7) is 31.6. The lowest BCUT2D eigenvalue weighted by Crippen LogP contribution is -2.61. The number of esters is 6. The molecule has 3 aliphatic heterocycles. The minimum atomic E-state index is -0.555. The van der Waals surface area contributed by atoms with Gasteiger partial charge >= 0.3 is 35.8 Å². The molecule has 0 aromatic heterocycles. The Labute approximate surface area is 539 Å². The molecule has 13 saturated carbocycles. The van der Waals surface area contributed by atoms with E-state index in [1.807, 2.05) is 104 Å². The van der Waals surface area contributed by atoms with Gasteiger partial charge in [0, 0.05) is 6.42 Å². The first-order chi connectivity index (χ1) is 41.8. The summed E-state index contributed by atoms with van der Waals surface area (Å²) in [5, 5.41) is 31.7. The van der Waals surface area contributed by atoms with Crippen LogP contribution in [0.3, 0.4) is 0 Å². The van der Waals surface area contributed by atoms with Crippen LogP contribution in [0.1, 0.15) is 284 Å². The molecule has 11 atom stereocenters. The van der Waals surface area contributed by atoms with Crippen LogP contribution in [-0.4, -0.2) is 116 Å². The number of hydrogen-bond donors (Lipinski definition) is 3. The highest BCUT2D eigenvalue weighted by Crippen LogP contribution is 2.61. The second-order valence-corrected chi connectivity index (χ2v) is 35.0. The molecule has 0 spiro atoms. The molecule has 512 valence electrons. The van der Waals surface area contributed by atoms with Crippen molar-refractivity contribution >= 4 is 35.8 Å². The van der Waals surface area contributed by atoms with Crippen LogP contribution < -0.4 is 0 Å². The number of aliphatic hydroxyl groups is 3. The number of carbonyl (C=O) groups excluding carboxylic acids is 6. The molecule has 16 heteroatoms. The number of ether oxygens (including phenoxy) is 7. The third kappa shape index (κ3) is 14.9. The van der Waals surface area contributed by atoms with Gasteiger partial charge in [0.15, 0.2) is 12.2 Å². The zero-order chi connectivity index (χ0) is 66.2. The van der Waals surface area contributed by atoms with E-state index in [2.05, 4.69) is 6.92 Å². The van der Waals surface area contributed by atoms with E-state index in [4.69, 9.17) is 33.2 Å². The van der Waals surface area contributed by atoms with E-state index < -0.39 is 39.8 Å². The van der Waals surface area contributed by atoms with E-state index in [1.165, 1.54) is 19.3 Å². The van der Waals surface area contributed by atoms with Crippen LogP contribution in [0, 0.1) is 80.3 Å². The molecule has 0 radical (unpaired) electrons. The van der Waals surface area contributed by atoms with Crippen molar-refractivity contribution in [2.24, 2.45) is 80.3 Å². The number of rotatable bonds is 16. The molecule has 16 nitrogen and oxygen atoms in total. The summed E-state index contributed by atoms with van der Waals surface area (Å²) in [5.74, 6) is 3.22. The third-order valence-electron chi connectivity index (χ3n) is 25.8. The fourth-order valence-corrected chi connectivity index (χ4v) is 18.7. The molecular weight excluding hydrogens is 1140 g/mol. The quantitative estimate of drug-likeness (QED) is 0.0964. The first kappa shape index (κ1) is 71.0. The number of carbonyl (C=O) groups is 6. The van der Waals surface area contributed by atoms with E-state index in [0.29, 0.717) is 66.6 Å². The first-order valence-corrected chi connectivity index (χ1v) is 35.9. The predicted molar refractivity (Wildman–Crippen MR) is 340 cm³/mol. The molecule has 90 heavy (non-hydrogen) atoms. The minimum Gasteiger partial charge on any atom is -0.461 e. The van der Waals surface area contributed by atoms with Crippen LogP contribution in [-0.2, 0) is 61.9 Å². The summed E-state index contributed by atoms with van der Waals surface area (Å²) in [5.41, 5.74) is -3.95. The summed E-state index contributed by atoms with van der Waals surface area (Å²) in [4.78, 5) is 72.5. The molecule has 11 unspecified atom stereocenters. The third-order valence-corrected chi connectivity index (χ3v) is 25.8. The second kappa shape index (κ2) is 26.0. The summed E-state index contributed by atoms with van der Waals surface area (Å²) in [7, 11) is 0. The zero-order valence-corrected chi connectivity index (χ0v) is 58.4. The van der Waals surface area contributed by atoms with Crippen molar-refractivity contribution in [1.82, 2.24) is 0 Å². The van der Waals surface area contributed by atoms with Crippen molar-refractivity contribution in [2.45, 2.75) is 349 Å². The summed E-state index contributed by atoms with van der Waals surface area (Å²) in [6.07, 6.45) is 24.5. The minimum absolute atomic E-state index is 0.0197. The Bertz CT molecular complexity index is 2490. The van der Waals surface area contributed by atoms with Crippen LogP contribution in [0.25, 0.3) is 0 Å². The van der Waals surface area contributed by atoms with Crippen LogP contribution in [0.5, 0.6) is 0 Å². The van der Waals surface area contributed by atoms with Gasteiger partial charge in [-0.05, 0) is 284 Å². The lowest BCUT2D eigenvalue weighted by molar-refractivity contribution is -0.225. The Kier molecular flexibility index (Phi) is 20.5. The van der Waals surface area contributed by atoms with Crippen molar-refractivity contribution in [3.8, 4) is 0 Å². The number of fused-ring (bicyclic) bond motifs is 1. The molecule has 16 rings (SSSR count). The highest BCUT2D eigenvalue weighted by molar-refractivity contribution is 5.79. The SMILES string of the molecule is CCC(C)(C)C(=O)OC12CC3CC(CC(O)(C3)C1)C2.CCC(C)(C)C(=O)OC1C2CC3C(=O)OC1C3O2.CCC(C)(C)C(=O)OC1C2CC3CC1CC(O)(C3)C2.CCC(C)(C)C(=O)OC1C2CC3CC1CC(O)(C3)C2.CCC1(OC(=O)C(C)(C)CC)CCCC1. The van der Waals surface area contributed by atoms with Gasteiger partial charge in [-0.25, -0.2) is 0 Å². The van der Waals surface area contributed by atoms with Gasteiger partial charge in [0.25, 0.3) is 0 Å². The van der Waals surface area contributed by atoms with Gasteiger partial charge in [-0.3, -0.25) is 28.8 Å². The van der Waals surface area contributed by atoms with E-state index in [9.17, 15) is 44.1 Å². The van der Waals surface area contributed by atoms with Gasteiger partial charge in [0.05, 0.1) is 55.9 Å². The normalized spacial score (nSPS) is 39.7. The maximum absolute atomic E-state index is 12.4. The average Bonchev–Trinajstić information content (AvgIpc) is 1.07. The number of hydrogen-bond acceptors (Lipinski definition) is 16. The maximum atomic E-state index is 12.4. The molecule has 0 aromatic rings. The van der Waals surface area contributed by atoms with Gasteiger partial charge in [-0.15, -0.1) is 0 Å². The highest BCUT2D eigenvalue weighted by atomic mass is 16.7. The zero-order valence-electron chi connectivity index (χ0n) is 58.4. The van der Waals surface area contributed by atoms with Gasteiger partial charge in [-0.1, -0.05) is 41.5 Å². The maximum Gasteiger partial charge on any atom is 0.312 e. The topological polar surface area (TPSA) is 228 Å². The Balaban J connectivity index is 0.000000134. The molecule has 13 aliphatic carbocycles. The Hall–Kier alpha value is -3.34. The van der Waals surface area contributed by atoms with Crippen molar-refractivity contribution in [2.75, 3.05) is 0 Å². The van der Waals surface area contributed by atoms with Crippen LogP contribution in [0.4, 0.5) is 0 Å². The highest BCUT2D eigenvalue weighted by Gasteiger charge is 2.66. The molecular formula is C74H120O16. The summed E-state index contributed by atoms with van der Waals surface area (Å²) < 4.78 is 40.0. The molecule has 3 heterocycles. The van der Waals surface area contributed by atoms with E-state index in [-0.39, 0.29) is 93.6 Å². The molecule has 14 bridgehead atoms. The second-order valence-electron chi connectivity index (χ2n) is 35.0. The van der Waals surface area contributed by atoms with Crippen LogP contribution in [0.2, 0.25) is 0 Å². The Morgan fingerprint density at radius 2 is 0.811 bits per heavy atom. The van der Waals surface area contributed by atoms with E-state index >= 15 is 0 Å². The van der Waals surface area contributed by atoms with Crippen molar-refractivity contribution in [3.05, 3.63) is 0 Å². The fourth-order valence-electron chi connectivity index (χ4n) is 18.7. The largest absolute Gasteiger partial charge is 0.461 e. The van der Waals surface area contributed by atoms with Gasteiger partial charge in [-0.2, -0.15) is 0 Å². The van der Waals surface area contributed by atoms with Crippen molar-refractivity contribution in [1.29, 1.82) is 0 Å². The molecule has 0 amide bonds. The predicted octanol–water partition coefficient (Wildman–Crippen LogP) is 13.6. The molecule has 0 aromatic carbocycles. The smallest absolute Gasteiger partial charge is 0.312 e. The lowest BCUT2D eigenvalue weighted by atomic mass is 9.52. The van der Waals surface area contributed by atoms with Gasteiger partial charge < -0.3 is 48.5 Å². The standard InChI is InChI=1S/3C16H26O3.C13H18O5.C13H24O2/c1-4-14(2,3)13(17)19-16-8-11-5-12(9-16)7-15(18,6-11)10-16;2*1-4-15(2,3)14(17)19-13-11-5-10-6-12(13)9-16(18,7-10)8-11;1-4-13(2,3)12(15)18-9-7-5-6-8(16-7)10(9)17-11(6)14;1-5-12(3,4)11(14)15-13(6-2)9-7-8-10-13/h11-12,18H,4-10H2,1-3H3;2*10-13,18H,4-9H2,1-3H3;6-10H,4-5H2,1-3H3;5-10H2,1-4H3. The van der Waals surface area contributed by atoms with E-state index in [0.717, 1.165) is 135 Å². The molecule has 16 fully saturated rings. The van der Waals surface area contributed by atoms with Gasteiger partial charge in [0.1, 0.15) is 29.5 Å². The monoisotopic (exact) mass is 1260 g/mol. The van der Waals surface area contributed by atoms with Crippen LogP contribution >= 0.6 is 0 Å². The lowest BCUT2D eigenvalue weighted by Gasteiger charge is -2.59. The van der Waals surface area contributed by atoms with Crippen molar-refractivity contribution < 1.29 is 77.2 Å². The first-order valence-electron chi connectivity index (χ1n) is 35.9. The summed E-state index contributed by atoms with van der Waals surface area (Å²) >= 11 is 0. The fraction of sp³-hybridized carbons (Fsp3) is 0.919. The van der Waals surface area contributed by atoms with Gasteiger partial charge in [0.2, 0.25) is 0 Å². The van der Waals surface area contributed by atoms with Crippen molar-refractivity contribution in [3.63, 3.8) is 0 Å². The van der Waals surface area contributed by atoms with E-state index in [1.54, 1.807) is 0 Å². The Morgan fingerprint density at radius 1 is 0.444 bits per heavy atom. The molecule has 3 saturated heterocycles. The average molecular weight is 1270 g/mol. The Morgan fingerprint density at radius 3 is 1.18 bits per heavy atom. The molecule has 3 N–H and O–H groups in total. The van der Waals surface area contributed by atoms with Crippen LogP contribution in [0.15, 0.2) is 0 Å². The molecule has 16 aliphatic rings. The summed E-state index contributed by atoms with van der Waals surface area (Å²) in [6, 6.07) is 0.